The van der Waals surface area contributed by atoms with E-state index >= 15 is 0 Å². The smallest absolute Gasteiger partial charge is 0.136 e. The second kappa shape index (κ2) is 4.96. The van der Waals surface area contributed by atoms with Gasteiger partial charge in [-0.25, -0.2) is 9.67 Å². The summed E-state index contributed by atoms with van der Waals surface area (Å²) in [6, 6.07) is 4.02. The van der Waals surface area contributed by atoms with Crippen LogP contribution < -0.4 is 4.90 Å². The van der Waals surface area contributed by atoms with Crippen molar-refractivity contribution in [1.29, 1.82) is 0 Å². The SMILES string of the molecule is OCc1cn(Cc2ccc(N3CC4CC4C3)nc2Cl)nn1. The molecule has 0 amide bonds. The zero-order valence-corrected chi connectivity index (χ0v) is 12.2. The molecule has 6 nitrogen and oxygen atoms in total. The molecular weight excluding hydrogens is 290 g/mol. The van der Waals surface area contributed by atoms with E-state index in [0.717, 1.165) is 36.3 Å². The Bertz CT molecular complexity index is 663. The lowest BCUT2D eigenvalue weighted by Crippen LogP contribution is -2.23. The molecule has 7 heteroatoms. The Balaban J connectivity index is 1.50. The average molecular weight is 306 g/mol. The summed E-state index contributed by atoms with van der Waals surface area (Å²) in [5.41, 5.74) is 1.45. The Hall–Kier alpha value is -1.66. The average Bonchev–Trinajstić information content (AvgIpc) is 2.90. The van der Waals surface area contributed by atoms with Crippen LogP contribution in [-0.2, 0) is 13.2 Å². The third-order valence-corrected chi connectivity index (χ3v) is 4.62. The van der Waals surface area contributed by atoms with Crippen molar-refractivity contribution in [2.24, 2.45) is 11.8 Å². The minimum Gasteiger partial charge on any atom is -0.390 e. The molecule has 1 aliphatic heterocycles. The summed E-state index contributed by atoms with van der Waals surface area (Å²) in [4.78, 5) is 6.83. The standard InChI is InChI=1S/C14H16ClN5O/c15-14-9(6-20-7-12(8-21)17-18-20)1-2-13(16-14)19-4-10-3-11(10)5-19/h1-2,7,10-11,21H,3-6,8H2. The molecule has 2 atom stereocenters. The summed E-state index contributed by atoms with van der Waals surface area (Å²) in [6.07, 6.45) is 3.08. The van der Waals surface area contributed by atoms with Crippen molar-refractivity contribution in [3.8, 4) is 0 Å². The second-order valence-corrected chi connectivity index (χ2v) is 6.20. The number of nitrogens with zero attached hydrogens (tertiary/aromatic N) is 5. The van der Waals surface area contributed by atoms with Crippen molar-refractivity contribution in [1.82, 2.24) is 20.0 Å². The molecule has 1 N–H and O–H groups in total. The van der Waals surface area contributed by atoms with Crippen LogP contribution in [0.1, 0.15) is 17.7 Å². The number of piperidine rings is 1. The van der Waals surface area contributed by atoms with Gasteiger partial charge in [0.15, 0.2) is 0 Å². The van der Waals surface area contributed by atoms with Crippen molar-refractivity contribution in [2.75, 3.05) is 18.0 Å². The first kappa shape index (κ1) is 13.0. The number of rotatable bonds is 4. The number of fused-ring (bicyclic) bond motifs is 1. The number of hydrogen-bond donors (Lipinski definition) is 1. The van der Waals surface area contributed by atoms with Gasteiger partial charge < -0.3 is 10.0 Å². The maximum absolute atomic E-state index is 8.99. The van der Waals surface area contributed by atoms with Gasteiger partial charge in [0.25, 0.3) is 0 Å². The van der Waals surface area contributed by atoms with E-state index in [4.69, 9.17) is 16.7 Å². The first-order valence-corrected chi connectivity index (χ1v) is 7.51. The predicted octanol–water partition coefficient (Wildman–Crippen LogP) is 1.32. The Morgan fingerprint density at radius 2 is 2.10 bits per heavy atom. The Morgan fingerprint density at radius 3 is 2.76 bits per heavy atom. The molecule has 0 spiro atoms. The zero-order chi connectivity index (χ0) is 14.4. The van der Waals surface area contributed by atoms with Crippen LogP contribution in [0.5, 0.6) is 0 Å². The number of hydrogen-bond acceptors (Lipinski definition) is 5. The van der Waals surface area contributed by atoms with E-state index in [1.165, 1.54) is 6.42 Å². The second-order valence-electron chi connectivity index (χ2n) is 5.85. The topological polar surface area (TPSA) is 67.1 Å². The minimum absolute atomic E-state index is 0.109. The monoisotopic (exact) mass is 305 g/mol. The molecule has 2 aromatic heterocycles. The third-order valence-electron chi connectivity index (χ3n) is 4.29. The lowest BCUT2D eigenvalue weighted by Gasteiger charge is -2.19. The van der Waals surface area contributed by atoms with Crippen molar-refractivity contribution >= 4 is 17.4 Å². The molecule has 0 bridgehead atoms. The number of aromatic nitrogens is 4. The van der Waals surface area contributed by atoms with Crippen LogP contribution >= 0.6 is 11.6 Å². The fourth-order valence-corrected chi connectivity index (χ4v) is 3.20. The normalized spacial score (nSPS) is 23.4. The molecule has 4 rings (SSSR count). The van der Waals surface area contributed by atoms with Crippen molar-refractivity contribution < 1.29 is 5.11 Å². The maximum Gasteiger partial charge on any atom is 0.136 e. The number of halogens is 1. The molecular formula is C14H16ClN5O. The minimum atomic E-state index is -0.109. The molecule has 0 aromatic carbocycles. The van der Waals surface area contributed by atoms with Gasteiger partial charge in [-0.2, -0.15) is 0 Å². The predicted molar refractivity (Wildman–Crippen MR) is 78.1 cm³/mol. The highest BCUT2D eigenvalue weighted by Crippen LogP contribution is 2.46. The van der Waals surface area contributed by atoms with Crippen molar-refractivity contribution in [2.45, 2.75) is 19.6 Å². The van der Waals surface area contributed by atoms with E-state index < -0.39 is 0 Å². The number of aliphatic hydroxyl groups excluding tert-OH is 1. The van der Waals surface area contributed by atoms with Gasteiger partial charge >= 0.3 is 0 Å². The first-order valence-electron chi connectivity index (χ1n) is 7.13. The molecule has 3 heterocycles. The summed E-state index contributed by atoms with van der Waals surface area (Å²) in [6.45, 7) is 2.61. The Labute approximate surface area is 127 Å². The highest BCUT2D eigenvalue weighted by molar-refractivity contribution is 6.30. The van der Waals surface area contributed by atoms with E-state index in [2.05, 4.69) is 20.2 Å². The van der Waals surface area contributed by atoms with Crippen LogP contribution in [0.15, 0.2) is 18.3 Å². The molecule has 2 aromatic rings. The summed E-state index contributed by atoms with van der Waals surface area (Å²) >= 11 is 6.30. The summed E-state index contributed by atoms with van der Waals surface area (Å²) < 4.78 is 1.65. The molecule has 1 aliphatic carbocycles. The summed E-state index contributed by atoms with van der Waals surface area (Å²) in [7, 11) is 0. The van der Waals surface area contributed by atoms with Gasteiger partial charge in [0, 0.05) is 18.7 Å². The van der Waals surface area contributed by atoms with Crippen LogP contribution in [0, 0.1) is 11.8 Å². The highest BCUT2D eigenvalue weighted by atomic mass is 35.5. The third kappa shape index (κ3) is 2.49. The molecule has 0 radical (unpaired) electrons. The highest BCUT2D eigenvalue weighted by Gasteiger charge is 2.45. The van der Waals surface area contributed by atoms with Gasteiger partial charge in [-0.05, 0) is 24.3 Å². The summed E-state index contributed by atoms with van der Waals surface area (Å²) in [5, 5.41) is 17.3. The fourth-order valence-electron chi connectivity index (χ4n) is 3.00. The van der Waals surface area contributed by atoms with Crippen molar-refractivity contribution in [3.05, 3.63) is 34.7 Å². The lowest BCUT2D eigenvalue weighted by atomic mass is 10.2. The molecule has 2 unspecified atom stereocenters. The molecule has 1 saturated heterocycles. The van der Waals surface area contributed by atoms with E-state index in [1.807, 2.05) is 12.1 Å². The van der Waals surface area contributed by atoms with Gasteiger partial charge in [0.05, 0.1) is 19.3 Å². The molecule has 2 aliphatic rings. The summed E-state index contributed by atoms with van der Waals surface area (Å²) in [5.74, 6) is 2.71. The van der Waals surface area contributed by atoms with Gasteiger partial charge in [-0.15, -0.1) is 5.10 Å². The number of pyridine rings is 1. The van der Waals surface area contributed by atoms with E-state index in [0.29, 0.717) is 17.4 Å². The van der Waals surface area contributed by atoms with Crippen LogP contribution in [0.3, 0.4) is 0 Å². The number of aliphatic hydroxyl groups is 1. The zero-order valence-electron chi connectivity index (χ0n) is 11.5. The number of anilines is 1. The van der Waals surface area contributed by atoms with Gasteiger partial charge in [-0.3, -0.25) is 0 Å². The van der Waals surface area contributed by atoms with Crippen LogP contribution in [0.25, 0.3) is 0 Å². The van der Waals surface area contributed by atoms with Crippen LogP contribution in [-0.4, -0.2) is 38.2 Å². The largest absolute Gasteiger partial charge is 0.390 e. The quantitative estimate of drug-likeness (QED) is 0.863. The molecule has 2 fully saturated rings. The van der Waals surface area contributed by atoms with E-state index in [1.54, 1.807) is 10.9 Å². The maximum atomic E-state index is 8.99. The Kier molecular flexibility index (Phi) is 3.08. The molecule has 1 saturated carbocycles. The first-order chi connectivity index (χ1) is 10.2. The van der Waals surface area contributed by atoms with Gasteiger partial charge in [0.2, 0.25) is 0 Å². The van der Waals surface area contributed by atoms with E-state index in [-0.39, 0.29) is 6.61 Å². The van der Waals surface area contributed by atoms with E-state index in [9.17, 15) is 0 Å². The van der Waals surface area contributed by atoms with Gasteiger partial charge in [0.1, 0.15) is 16.7 Å². The fraction of sp³-hybridized carbons (Fsp3) is 0.500. The van der Waals surface area contributed by atoms with Crippen LogP contribution in [0.2, 0.25) is 5.15 Å². The lowest BCUT2D eigenvalue weighted by molar-refractivity contribution is 0.276. The molecule has 110 valence electrons. The molecule has 21 heavy (non-hydrogen) atoms. The van der Waals surface area contributed by atoms with Gasteiger partial charge in [-0.1, -0.05) is 22.9 Å². The van der Waals surface area contributed by atoms with Crippen LogP contribution in [0.4, 0.5) is 5.82 Å². The van der Waals surface area contributed by atoms with Crippen molar-refractivity contribution in [3.63, 3.8) is 0 Å². The Morgan fingerprint density at radius 1 is 1.29 bits per heavy atom.